The lowest BCUT2D eigenvalue weighted by atomic mass is 10.0. The van der Waals surface area contributed by atoms with Gasteiger partial charge < -0.3 is 9.13 Å². The van der Waals surface area contributed by atoms with Crippen LogP contribution in [-0.4, -0.2) is 19.1 Å². The van der Waals surface area contributed by atoms with E-state index in [9.17, 15) is 13.6 Å². The molecule has 3 aromatic heterocycles. The van der Waals surface area contributed by atoms with E-state index >= 15 is 0 Å². The molecule has 0 amide bonds. The lowest BCUT2D eigenvalue weighted by Gasteiger charge is -2.19. The fraction of sp³-hybridized carbons (Fsp3) is 0.269. The molecule has 0 radical (unpaired) electrons. The summed E-state index contributed by atoms with van der Waals surface area (Å²) >= 11 is 0. The molecule has 0 aliphatic rings. The zero-order chi connectivity index (χ0) is 23.7. The quantitative estimate of drug-likeness (QED) is 0.392. The zero-order valence-corrected chi connectivity index (χ0v) is 19.1. The lowest BCUT2D eigenvalue weighted by Crippen LogP contribution is -2.27. The molecule has 4 rings (SSSR count). The second-order valence-corrected chi connectivity index (χ2v) is 8.50. The number of hydrogen-bond acceptors (Lipinski definition) is 3. The molecule has 0 bridgehead atoms. The highest BCUT2D eigenvalue weighted by atomic mass is 19.3. The van der Waals surface area contributed by atoms with E-state index in [1.54, 1.807) is 18.7 Å². The number of aromatic nitrogens is 4. The van der Waals surface area contributed by atoms with Crippen LogP contribution in [0.15, 0.2) is 66.2 Å². The van der Waals surface area contributed by atoms with Gasteiger partial charge in [0.25, 0.3) is 12.0 Å². The number of benzene rings is 1. The van der Waals surface area contributed by atoms with Crippen molar-refractivity contribution in [1.29, 1.82) is 0 Å². The molecule has 0 spiro atoms. The van der Waals surface area contributed by atoms with Crippen LogP contribution in [0.1, 0.15) is 58.5 Å². The first-order valence-electron chi connectivity index (χ1n) is 10.8. The minimum absolute atomic E-state index is 0.167. The first kappa shape index (κ1) is 22.6. The van der Waals surface area contributed by atoms with Gasteiger partial charge in [0, 0.05) is 48.0 Å². The molecule has 5 nitrogen and oxygen atoms in total. The minimum Gasteiger partial charge on any atom is -0.308 e. The molecule has 0 aliphatic heterocycles. The average Bonchev–Trinajstić information content (AvgIpc) is 3.20. The Morgan fingerprint density at radius 1 is 1.00 bits per heavy atom. The Bertz CT molecular complexity index is 1360. The summed E-state index contributed by atoms with van der Waals surface area (Å²) in [4.78, 5) is 21.8. The fourth-order valence-corrected chi connectivity index (χ4v) is 4.08. The smallest absolute Gasteiger partial charge is 0.265 e. The Morgan fingerprint density at radius 2 is 1.79 bits per heavy atom. The molecule has 0 aliphatic carbocycles. The Balaban J connectivity index is 1.72. The molecule has 1 aromatic carbocycles. The number of hydrogen-bond donors (Lipinski definition) is 0. The van der Waals surface area contributed by atoms with Crippen molar-refractivity contribution < 1.29 is 8.78 Å². The van der Waals surface area contributed by atoms with Crippen LogP contribution in [0.3, 0.4) is 0 Å². The molecule has 7 heteroatoms. The summed E-state index contributed by atoms with van der Waals surface area (Å²) in [5.41, 5.74) is 5.43. The van der Waals surface area contributed by atoms with Crippen molar-refractivity contribution in [3.8, 4) is 5.69 Å². The van der Waals surface area contributed by atoms with Gasteiger partial charge in [-0.15, -0.1) is 0 Å². The maximum atomic E-state index is 13.7. The molecule has 3 heterocycles. The molecule has 170 valence electrons. The third-order valence-electron chi connectivity index (χ3n) is 5.83. The van der Waals surface area contributed by atoms with E-state index in [-0.39, 0.29) is 17.5 Å². The molecular weight excluding hydrogens is 422 g/mol. The van der Waals surface area contributed by atoms with E-state index in [0.29, 0.717) is 5.56 Å². The van der Waals surface area contributed by atoms with Gasteiger partial charge in [-0.25, -0.2) is 13.8 Å². The molecule has 1 atom stereocenters. The summed E-state index contributed by atoms with van der Waals surface area (Å²) in [5.74, 6) is 0. The van der Waals surface area contributed by atoms with Crippen LogP contribution in [0.25, 0.3) is 5.69 Å². The number of rotatable bonds is 6. The van der Waals surface area contributed by atoms with Crippen LogP contribution in [-0.2, 0) is 6.42 Å². The van der Waals surface area contributed by atoms with Gasteiger partial charge in [-0.1, -0.05) is 18.2 Å². The second-order valence-electron chi connectivity index (χ2n) is 8.50. The summed E-state index contributed by atoms with van der Waals surface area (Å²) < 4.78 is 30.7. The van der Waals surface area contributed by atoms with Crippen LogP contribution in [0.4, 0.5) is 8.78 Å². The van der Waals surface area contributed by atoms with Crippen LogP contribution in [0.5, 0.6) is 0 Å². The predicted octanol–water partition coefficient (Wildman–Crippen LogP) is 5.49. The highest BCUT2D eigenvalue weighted by Crippen LogP contribution is 2.24. The van der Waals surface area contributed by atoms with Crippen molar-refractivity contribution in [2.75, 3.05) is 0 Å². The Kier molecular flexibility index (Phi) is 6.22. The van der Waals surface area contributed by atoms with E-state index < -0.39 is 12.5 Å². The summed E-state index contributed by atoms with van der Waals surface area (Å²) in [6, 6.07) is 8.69. The van der Waals surface area contributed by atoms with E-state index in [0.717, 1.165) is 33.6 Å². The lowest BCUT2D eigenvalue weighted by molar-refractivity contribution is 0.150. The summed E-state index contributed by atoms with van der Waals surface area (Å²) in [7, 11) is 0. The minimum atomic E-state index is -2.67. The van der Waals surface area contributed by atoms with Gasteiger partial charge in [-0.05, 0) is 62.1 Å². The highest BCUT2D eigenvalue weighted by Gasteiger charge is 2.18. The van der Waals surface area contributed by atoms with Gasteiger partial charge in [-0.3, -0.25) is 9.78 Å². The van der Waals surface area contributed by atoms with Gasteiger partial charge in [0.1, 0.15) is 0 Å². The number of halogens is 2. The van der Waals surface area contributed by atoms with Crippen molar-refractivity contribution in [2.24, 2.45) is 0 Å². The second kappa shape index (κ2) is 9.10. The van der Waals surface area contributed by atoms with Gasteiger partial charge in [0.05, 0.1) is 18.1 Å². The molecular formula is C26H26F2N4O. The van der Waals surface area contributed by atoms with Crippen LogP contribution < -0.4 is 5.56 Å². The summed E-state index contributed by atoms with van der Waals surface area (Å²) in [5, 5.41) is 0. The number of nitrogens with zero attached hydrogens (tertiary/aromatic N) is 4. The van der Waals surface area contributed by atoms with E-state index in [2.05, 4.69) is 9.97 Å². The summed E-state index contributed by atoms with van der Waals surface area (Å²) in [6.07, 6.45) is 5.93. The third-order valence-corrected chi connectivity index (χ3v) is 5.83. The molecule has 0 saturated heterocycles. The first-order chi connectivity index (χ1) is 15.7. The topological polar surface area (TPSA) is 52.7 Å². The van der Waals surface area contributed by atoms with E-state index in [4.69, 9.17) is 0 Å². The van der Waals surface area contributed by atoms with Crippen LogP contribution >= 0.6 is 0 Å². The maximum Gasteiger partial charge on any atom is 0.265 e. The third kappa shape index (κ3) is 4.77. The number of pyridine rings is 2. The molecule has 0 N–H and O–H groups in total. The number of alkyl halides is 2. The zero-order valence-electron chi connectivity index (χ0n) is 19.1. The Labute approximate surface area is 191 Å². The molecule has 0 saturated carbocycles. The van der Waals surface area contributed by atoms with Gasteiger partial charge in [0.2, 0.25) is 0 Å². The van der Waals surface area contributed by atoms with Crippen molar-refractivity contribution in [3.05, 3.63) is 111 Å². The van der Waals surface area contributed by atoms with Crippen LogP contribution in [0.2, 0.25) is 0 Å². The van der Waals surface area contributed by atoms with E-state index in [1.807, 2.05) is 62.7 Å². The van der Waals surface area contributed by atoms with Crippen molar-refractivity contribution in [3.63, 3.8) is 0 Å². The highest BCUT2D eigenvalue weighted by molar-refractivity contribution is 5.44. The monoisotopic (exact) mass is 448 g/mol. The summed E-state index contributed by atoms with van der Waals surface area (Å²) in [6.45, 7) is 7.64. The van der Waals surface area contributed by atoms with Gasteiger partial charge in [0.15, 0.2) is 0 Å². The molecule has 0 fully saturated rings. The molecule has 33 heavy (non-hydrogen) atoms. The first-order valence-corrected chi connectivity index (χ1v) is 10.8. The van der Waals surface area contributed by atoms with Crippen molar-refractivity contribution in [1.82, 2.24) is 19.1 Å². The maximum absolute atomic E-state index is 13.7. The standard InChI is InChI=1S/C26H26F2N4O/c1-16-7-22(12-29-11-16)19(4)32-14-23(25(27)28)10-21(26(32)33)9-20-5-6-24(17(2)8-20)31-13-18(3)30-15-31/h5-8,10-15,19,25H,9H2,1-4H3/t19-/m0/s1. The molecule has 0 unspecified atom stereocenters. The van der Waals surface area contributed by atoms with Crippen molar-refractivity contribution >= 4 is 0 Å². The van der Waals surface area contributed by atoms with E-state index in [1.165, 1.54) is 16.8 Å². The van der Waals surface area contributed by atoms with Crippen molar-refractivity contribution in [2.45, 2.75) is 46.6 Å². The Morgan fingerprint density at radius 3 is 2.42 bits per heavy atom. The average molecular weight is 449 g/mol. The fourth-order valence-electron chi connectivity index (χ4n) is 4.08. The van der Waals surface area contributed by atoms with Crippen LogP contribution in [0, 0.1) is 20.8 Å². The largest absolute Gasteiger partial charge is 0.308 e. The van der Waals surface area contributed by atoms with Gasteiger partial charge >= 0.3 is 0 Å². The predicted molar refractivity (Wildman–Crippen MR) is 124 cm³/mol. The SMILES string of the molecule is Cc1cncc([C@H](C)n2cc(C(F)F)cc(Cc3ccc(-n4cnc(C)c4)c(C)c3)c2=O)c1. The number of aryl methyl sites for hydroxylation is 3. The van der Waals surface area contributed by atoms with Gasteiger partial charge in [-0.2, -0.15) is 0 Å². The molecule has 4 aromatic rings. The normalized spacial score (nSPS) is 12.3. The number of imidazole rings is 1. The Hall–Kier alpha value is -3.61.